The molecule has 0 bridgehead atoms. The van der Waals surface area contributed by atoms with Crippen LogP contribution in [0.5, 0.6) is 0 Å². The maximum absolute atomic E-state index is 12.6. The molecule has 3 rings (SSSR count). The van der Waals surface area contributed by atoms with Gasteiger partial charge in [0.15, 0.2) is 0 Å². The van der Waals surface area contributed by atoms with Crippen LogP contribution in [0.15, 0.2) is 60.5 Å². The SMILES string of the molecule is CC(C)C(NC(=O)c1cccs1)C(=O)Nc1ccc(-n2ccnc2)cc1. The van der Waals surface area contributed by atoms with Gasteiger partial charge in [-0.3, -0.25) is 9.59 Å². The molecule has 0 aliphatic rings. The quantitative estimate of drug-likeness (QED) is 0.701. The molecule has 0 spiro atoms. The Morgan fingerprint density at radius 2 is 1.92 bits per heavy atom. The number of amides is 2. The van der Waals surface area contributed by atoms with Crippen LogP contribution >= 0.6 is 11.3 Å². The second kappa shape index (κ2) is 7.97. The van der Waals surface area contributed by atoms with E-state index in [-0.39, 0.29) is 17.7 Å². The Balaban J connectivity index is 1.67. The van der Waals surface area contributed by atoms with Crippen molar-refractivity contribution in [3.05, 3.63) is 65.4 Å². The van der Waals surface area contributed by atoms with E-state index in [2.05, 4.69) is 15.6 Å². The standard InChI is InChI=1S/C19H20N4O2S/c1-13(2)17(22-18(24)16-4-3-11-26-16)19(25)21-14-5-7-15(8-6-14)23-10-9-20-12-23/h3-13,17H,1-2H3,(H,21,25)(H,22,24). The van der Waals surface area contributed by atoms with E-state index in [9.17, 15) is 9.59 Å². The number of anilines is 1. The number of aromatic nitrogens is 2. The molecule has 3 aromatic rings. The van der Waals surface area contributed by atoms with Gasteiger partial charge in [0, 0.05) is 23.8 Å². The van der Waals surface area contributed by atoms with Gasteiger partial charge in [-0.15, -0.1) is 11.3 Å². The summed E-state index contributed by atoms with van der Waals surface area (Å²) in [6, 6.07) is 10.4. The first-order valence-corrected chi connectivity index (χ1v) is 9.16. The van der Waals surface area contributed by atoms with Crippen LogP contribution < -0.4 is 10.6 Å². The third-order valence-electron chi connectivity index (χ3n) is 3.92. The summed E-state index contributed by atoms with van der Waals surface area (Å²) >= 11 is 1.35. The maximum atomic E-state index is 12.6. The zero-order valence-corrected chi connectivity index (χ0v) is 15.4. The molecular formula is C19H20N4O2S. The first-order valence-electron chi connectivity index (χ1n) is 8.28. The summed E-state index contributed by atoms with van der Waals surface area (Å²) in [4.78, 5) is 29.5. The van der Waals surface area contributed by atoms with Gasteiger partial charge in [-0.2, -0.15) is 0 Å². The van der Waals surface area contributed by atoms with Gasteiger partial charge in [-0.1, -0.05) is 19.9 Å². The molecule has 134 valence electrons. The number of hydrogen-bond acceptors (Lipinski definition) is 4. The Labute approximate surface area is 155 Å². The molecular weight excluding hydrogens is 348 g/mol. The van der Waals surface area contributed by atoms with E-state index in [1.807, 2.05) is 60.3 Å². The van der Waals surface area contributed by atoms with Gasteiger partial charge < -0.3 is 15.2 Å². The fourth-order valence-corrected chi connectivity index (χ4v) is 3.13. The predicted molar refractivity (Wildman–Crippen MR) is 103 cm³/mol. The smallest absolute Gasteiger partial charge is 0.262 e. The molecule has 0 saturated carbocycles. The monoisotopic (exact) mass is 368 g/mol. The van der Waals surface area contributed by atoms with Crippen LogP contribution in [-0.2, 0) is 4.79 Å². The van der Waals surface area contributed by atoms with Gasteiger partial charge in [0.1, 0.15) is 6.04 Å². The Morgan fingerprint density at radius 1 is 1.15 bits per heavy atom. The van der Waals surface area contributed by atoms with Crippen LogP contribution in [-0.4, -0.2) is 27.4 Å². The normalized spacial score (nSPS) is 12.0. The van der Waals surface area contributed by atoms with Crippen molar-refractivity contribution in [1.82, 2.24) is 14.9 Å². The zero-order chi connectivity index (χ0) is 18.5. The highest BCUT2D eigenvalue weighted by Gasteiger charge is 2.25. The lowest BCUT2D eigenvalue weighted by atomic mass is 10.0. The first kappa shape index (κ1) is 17.9. The summed E-state index contributed by atoms with van der Waals surface area (Å²) in [6.07, 6.45) is 5.27. The molecule has 0 fully saturated rings. The summed E-state index contributed by atoms with van der Waals surface area (Å²) in [6.45, 7) is 3.81. The van der Waals surface area contributed by atoms with Crippen LogP contribution in [0.1, 0.15) is 23.5 Å². The third kappa shape index (κ3) is 4.18. The van der Waals surface area contributed by atoms with Crippen molar-refractivity contribution in [1.29, 1.82) is 0 Å². The van der Waals surface area contributed by atoms with E-state index in [0.717, 1.165) is 5.69 Å². The molecule has 7 heteroatoms. The van der Waals surface area contributed by atoms with E-state index in [1.54, 1.807) is 18.6 Å². The number of nitrogens with zero attached hydrogens (tertiary/aromatic N) is 2. The van der Waals surface area contributed by atoms with Gasteiger partial charge in [-0.25, -0.2) is 4.98 Å². The summed E-state index contributed by atoms with van der Waals surface area (Å²) in [7, 11) is 0. The average molecular weight is 368 g/mol. The average Bonchev–Trinajstić information content (AvgIpc) is 3.33. The maximum Gasteiger partial charge on any atom is 0.262 e. The molecule has 0 aliphatic carbocycles. The number of imidazole rings is 1. The highest BCUT2D eigenvalue weighted by Crippen LogP contribution is 2.15. The number of nitrogens with one attached hydrogen (secondary N) is 2. The Bertz CT molecular complexity index is 856. The summed E-state index contributed by atoms with van der Waals surface area (Å²) in [5.41, 5.74) is 1.63. The van der Waals surface area contributed by atoms with E-state index in [4.69, 9.17) is 0 Å². The molecule has 2 heterocycles. The van der Waals surface area contributed by atoms with E-state index in [1.165, 1.54) is 11.3 Å². The van der Waals surface area contributed by atoms with Crippen LogP contribution in [0.2, 0.25) is 0 Å². The van der Waals surface area contributed by atoms with E-state index < -0.39 is 6.04 Å². The van der Waals surface area contributed by atoms with Crippen molar-refractivity contribution in [2.45, 2.75) is 19.9 Å². The molecule has 0 aliphatic heterocycles. The topological polar surface area (TPSA) is 76.0 Å². The van der Waals surface area contributed by atoms with Gasteiger partial charge >= 0.3 is 0 Å². The number of rotatable bonds is 6. The van der Waals surface area contributed by atoms with Gasteiger partial charge in [0.05, 0.1) is 11.2 Å². The molecule has 2 N–H and O–H groups in total. The molecule has 1 unspecified atom stereocenters. The van der Waals surface area contributed by atoms with E-state index in [0.29, 0.717) is 10.6 Å². The Kier molecular flexibility index (Phi) is 5.48. The van der Waals surface area contributed by atoms with Crippen molar-refractivity contribution in [2.75, 3.05) is 5.32 Å². The lowest BCUT2D eigenvalue weighted by Gasteiger charge is -2.21. The van der Waals surface area contributed by atoms with Crippen molar-refractivity contribution in [3.63, 3.8) is 0 Å². The molecule has 1 aromatic carbocycles. The highest BCUT2D eigenvalue weighted by molar-refractivity contribution is 7.12. The molecule has 0 radical (unpaired) electrons. The summed E-state index contributed by atoms with van der Waals surface area (Å²) in [5.74, 6) is -0.506. The lowest BCUT2D eigenvalue weighted by molar-refractivity contribution is -0.118. The Hall–Kier alpha value is -2.93. The summed E-state index contributed by atoms with van der Waals surface area (Å²) in [5, 5.41) is 7.53. The first-order chi connectivity index (χ1) is 12.5. The molecule has 26 heavy (non-hydrogen) atoms. The van der Waals surface area contributed by atoms with Crippen molar-refractivity contribution >= 4 is 28.8 Å². The molecule has 1 atom stereocenters. The fraction of sp³-hybridized carbons (Fsp3) is 0.211. The van der Waals surface area contributed by atoms with Crippen LogP contribution in [0.3, 0.4) is 0 Å². The van der Waals surface area contributed by atoms with Crippen molar-refractivity contribution in [2.24, 2.45) is 5.92 Å². The van der Waals surface area contributed by atoms with Gasteiger partial charge in [0.25, 0.3) is 5.91 Å². The molecule has 0 saturated heterocycles. The number of hydrogen-bond donors (Lipinski definition) is 2. The minimum Gasteiger partial charge on any atom is -0.339 e. The zero-order valence-electron chi connectivity index (χ0n) is 14.5. The summed E-state index contributed by atoms with van der Waals surface area (Å²) < 4.78 is 1.88. The van der Waals surface area contributed by atoms with Gasteiger partial charge in [0.2, 0.25) is 5.91 Å². The highest BCUT2D eigenvalue weighted by atomic mass is 32.1. The number of carbonyl (C=O) groups is 2. The third-order valence-corrected chi connectivity index (χ3v) is 4.79. The number of thiophene rings is 1. The van der Waals surface area contributed by atoms with Crippen LogP contribution in [0.25, 0.3) is 5.69 Å². The molecule has 2 aromatic heterocycles. The van der Waals surface area contributed by atoms with Crippen LogP contribution in [0.4, 0.5) is 5.69 Å². The van der Waals surface area contributed by atoms with Crippen LogP contribution in [0, 0.1) is 5.92 Å². The number of carbonyl (C=O) groups excluding carboxylic acids is 2. The molecule has 6 nitrogen and oxygen atoms in total. The fourth-order valence-electron chi connectivity index (χ4n) is 2.50. The van der Waals surface area contributed by atoms with E-state index >= 15 is 0 Å². The van der Waals surface area contributed by atoms with Crippen molar-refractivity contribution in [3.8, 4) is 5.69 Å². The molecule has 2 amide bonds. The predicted octanol–water partition coefficient (Wildman–Crippen LogP) is 3.33. The van der Waals surface area contributed by atoms with Crippen molar-refractivity contribution < 1.29 is 9.59 Å². The minimum absolute atomic E-state index is 0.0378. The number of benzene rings is 1. The minimum atomic E-state index is -0.613. The second-order valence-corrected chi connectivity index (χ2v) is 7.13. The second-order valence-electron chi connectivity index (χ2n) is 6.18. The van der Waals surface area contributed by atoms with Gasteiger partial charge in [-0.05, 0) is 41.6 Å². The lowest BCUT2D eigenvalue weighted by Crippen LogP contribution is -2.46. The Morgan fingerprint density at radius 3 is 2.50 bits per heavy atom. The largest absolute Gasteiger partial charge is 0.339 e.